The number of rotatable bonds is 4. The van der Waals surface area contributed by atoms with Crippen LogP contribution in [0, 0.1) is 0 Å². The second-order valence-corrected chi connectivity index (χ2v) is 3.16. The highest BCUT2D eigenvalue weighted by Crippen LogP contribution is 2.17. The molecule has 0 radical (unpaired) electrons. The zero-order chi connectivity index (χ0) is 11.3. The van der Waals surface area contributed by atoms with Gasteiger partial charge < -0.3 is 4.74 Å². The number of nitrogens with zero attached hydrogens (tertiary/aromatic N) is 1. The summed E-state index contributed by atoms with van der Waals surface area (Å²) in [6.07, 6.45) is -1.12. The van der Waals surface area contributed by atoms with Crippen LogP contribution in [0.5, 0.6) is 5.88 Å². The summed E-state index contributed by atoms with van der Waals surface area (Å²) in [6, 6.07) is 3.30. The molecule has 2 nitrogen and oxygen atoms in total. The smallest absolute Gasteiger partial charge is 0.422 e. The summed E-state index contributed by atoms with van der Waals surface area (Å²) in [4.78, 5) is 3.70. The monoisotopic (exact) mass is 219 g/mol. The maximum Gasteiger partial charge on any atom is 0.422 e. The standard InChI is InChI=1S/C10H12F3NO/c1-2-3-8-4-5-14-9(6-8)15-7-10(11,12)13/h4-6H,2-3,7H2,1H3. The summed E-state index contributed by atoms with van der Waals surface area (Å²) in [7, 11) is 0. The van der Waals surface area contributed by atoms with Crippen molar-refractivity contribution in [1.82, 2.24) is 4.98 Å². The highest BCUT2D eigenvalue weighted by molar-refractivity contribution is 5.20. The van der Waals surface area contributed by atoms with E-state index in [4.69, 9.17) is 0 Å². The number of aryl methyl sites for hydroxylation is 1. The first kappa shape index (κ1) is 11.8. The van der Waals surface area contributed by atoms with Crippen molar-refractivity contribution in [2.24, 2.45) is 0 Å². The molecule has 0 bridgehead atoms. The minimum Gasteiger partial charge on any atom is -0.468 e. The zero-order valence-electron chi connectivity index (χ0n) is 8.34. The van der Waals surface area contributed by atoms with E-state index in [1.807, 2.05) is 6.92 Å². The molecule has 5 heteroatoms. The van der Waals surface area contributed by atoms with Crippen LogP contribution >= 0.6 is 0 Å². The van der Waals surface area contributed by atoms with Crippen LogP contribution in [-0.4, -0.2) is 17.8 Å². The van der Waals surface area contributed by atoms with E-state index < -0.39 is 12.8 Å². The van der Waals surface area contributed by atoms with E-state index in [1.54, 1.807) is 6.07 Å². The van der Waals surface area contributed by atoms with Gasteiger partial charge in [0.1, 0.15) is 0 Å². The Kier molecular flexibility index (Phi) is 3.94. The van der Waals surface area contributed by atoms with Crippen molar-refractivity contribution in [3.05, 3.63) is 23.9 Å². The first-order valence-electron chi connectivity index (χ1n) is 4.66. The number of aromatic nitrogens is 1. The van der Waals surface area contributed by atoms with Crippen molar-refractivity contribution < 1.29 is 17.9 Å². The quantitative estimate of drug-likeness (QED) is 0.776. The molecular formula is C10H12F3NO. The average molecular weight is 219 g/mol. The summed E-state index contributed by atoms with van der Waals surface area (Å²) in [5.41, 5.74) is 0.935. The van der Waals surface area contributed by atoms with E-state index in [-0.39, 0.29) is 5.88 Å². The third kappa shape index (κ3) is 4.67. The van der Waals surface area contributed by atoms with Crippen LogP contribution < -0.4 is 4.74 Å². The van der Waals surface area contributed by atoms with Crippen LogP contribution in [0.1, 0.15) is 18.9 Å². The van der Waals surface area contributed by atoms with Gasteiger partial charge in [-0.15, -0.1) is 0 Å². The van der Waals surface area contributed by atoms with Crippen molar-refractivity contribution in [2.75, 3.05) is 6.61 Å². The number of hydrogen-bond donors (Lipinski definition) is 0. The number of hydrogen-bond acceptors (Lipinski definition) is 2. The van der Waals surface area contributed by atoms with Crippen molar-refractivity contribution >= 4 is 0 Å². The fraction of sp³-hybridized carbons (Fsp3) is 0.500. The third-order valence-electron chi connectivity index (χ3n) is 1.72. The van der Waals surface area contributed by atoms with E-state index in [2.05, 4.69) is 9.72 Å². The molecule has 0 saturated carbocycles. The number of ether oxygens (including phenoxy) is 1. The van der Waals surface area contributed by atoms with Gasteiger partial charge in [0.25, 0.3) is 0 Å². The molecule has 0 aromatic carbocycles. The molecule has 0 aliphatic heterocycles. The topological polar surface area (TPSA) is 22.1 Å². The minimum atomic E-state index is -4.32. The molecular weight excluding hydrogens is 207 g/mol. The van der Waals surface area contributed by atoms with Gasteiger partial charge in [-0.2, -0.15) is 13.2 Å². The Bertz CT molecular complexity index is 312. The van der Waals surface area contributed by atoms with Crippen LogP contribution in [0.3, 0.4) is 0 Å². The van der Waals surface area contributed by atoms with E-state index in [9.17, 15) is 13.2 Å². The molecule has 0 atom stereocenters. The molecule has 84 valence electrons. The lowest BCUT2D eigenvalue weighted by Gasteiger charge is -2.08. The molecule has 0 amide bonds. The van der Waals surface area contributed by atoms with E-state index in [0.29, 0.717) is 0 Å². The van der Waals surface area contributed by atoms with Crippen molar-refractivity contribution in [2.45, 2.75) is 25.9 Å². The van der Waals surface area contributed by atoms with Gasteiger partial charge in [0.15, 0.2) is 6.61 Å². The molecule has 0 aliphatic rings. The van der Waals surface area contributed by atoms with Crippen LogP contribution in [0.15, 0.2) is 18.3 Å². The minimum absolute atomic E-state index is 0.0262. The predicted octanol–water partition coefficient (Wildman–Crippen LogP) is 2.98. The largest absolute Gasteiger partial charge is 0.468 e. The number of halogens is 3. The van der Waals surface area contributed by atoms with E-state index in [1.165, 1.54) is 12.3 Å². The van der Waals surface area contributed by atoms with Gasteiger partial charge >= 0.3 is 6.18 Å². The Hall–Kier alpha value is -1.26. The zero-order valence-corrected chi connectivity index (χ0v) is 8.34. The predicted molar refractivity (Wildman–Crippen MR) is 49.8 cm³/mol. The maximum absolute atomic E-state index is 11.8. The van der Waals surface area contributed by atoms with Gasteiger partial charge in [-0.25, -0.2) is 4.98 Å². The first-order valence-corrected chi connectivity index (χ1v) is 4.66. The highest BCUT2D eigenvalue weighted by atomic mass is 19.4. The van der Waals surface area contributed by atoms with Crippen LogP contribution in [0.4, 0.5) is 13.2 Å². The molecule has 1 heterocycles. The van der Waals surface area contributed by atoms with Gasteiger partial charge in [-0.05, 0) is 18.1 Å². The Balaban J connectivity index is 2.57. The molecule has 0 unspecified atom stereocenters. The fourth-order valence-electron chi connectivity index (χ4n) is 1.13. The van der Waals surface area contributed by atoms with Gasteiger partial charge in [0, 0.05) is 12.3 Å². The number of pyridine rings is 1. The van der Waals surface area contributed by atoms with Crippen molar-refractivity contribution in [3.8, 4) is 5.88 Å². The van der Waals surface area contributed by atoms with Gasteiger partial charge in [0.2, 0.25) is 5.88 Å². The van der Waals surface area contributed by atoms with Gasteiger partial charge in [0.05, 0.1) is 0 Å². The molecule has 0 fully saturated rings. The van der Waals surface area contributed by atoms with E-state index >= 15 is 0 Å². The highest BCUT2D eigenvalue weighted by Gasteiger charge is 2.28. The molecule has 0 saturated heterocycles. The molecule has 1 rings (SSSR count). The number of alkyl halides is 3. The molecule has 0 spiro atoms. The first-order chi connectivity index (χ1) is 7.01. The second kappa shape index (κ2) is 5.00. The summed E-state index contributed by atoms with van der Waals surface area (Å²) >= 11 is 0. The Labute approximate surface area is 86.1 Å². The Morgan fingerprint density at radius 3 is 2.73 bits per heavy atom. The van der Waals surface area contributed by atoms with Gasteiger partial charge in [-0.1, -0.05) is 13.3 Å². The lowest BCUT2D eigenvalue weighted by molar-refractivity contribution is -0.154. The normalized spacial score (nSPS) is 11.5. The summed E-state index contributed by atoms with van der Waals surface area (Å²) in [5, 5.41) is 0. The molecule has 0 aliphatic carbocycles. The average Bonchev–Trinajstić information content (AvgIpc) is 2.15. The second-order valence-electron chi connectivity index (χ2n) is 3.16. The van der Waals surface area contributed by atoms with Crippen LogP contribution in [0.2, 0.25) is 0 Å². The lowest BCUT2D eigenvalue weighted by atomic mass is 10.1. The molecule has 1 aromatic rings. The molecule has 0 N–H and O–H groups in total. The summed E-state index contributed by atoms with van der Waals surface area (Å²) in [6.45, 7) is 0.701. The van der Waals surface area contributed by atoms with E-state index in [0.717, 1.165) is 18.4 Å². The SMILES string of the molecule is CCCc1ccnc(OCC(F)(F)F)c1. The fourth-order valence-corrected chi connectivity index (χ4v) is 1.13. The van der Waals surface area contributed by atoms with Crippen molar-refractivity contribution in [3.63, 3.8) is 0 Å². The van der Waals surface area contributed by atoms with Gasteiger partial charge in [-0.3, -0.25) is 0 Å². The third-order valence-corrected chi connectivity index (χ3v) is 1.72. The van der Waals surface area contributed by atoms with Crippen LogP contribution in [-0.2, 0) is 6.42 Å². The molecule has 1 aromatic heterocycles. The summed E-state index contributed by atoms with van der Waals surface area (Å²) < 4.78 is 40.0. The Morgan fingerprint density at radius 1 is 1.40 bits per heavy atom. The van der Waals surface area contributed by atoms with Crippen LogP contribution in [0.25, 0.3) is 0 Å². The Morgan fingerprint density at radius 2 is 2.13 bits per heavy atom. The summed E-state index contributed by atoms with van der Waals surface area (Å²) in [5.74, 6) is 0.0262. The molecule has 15 heavy (non-hydrogen) atoms. The van der Waals surface area contributed by atoms with Crippen molar-refractivity contribution in [1.29, 1.82) is 0 Å². The lowest BCUT2D eigenvalue weighted by Crippen LogP contribution is -2.19. The maximum atomic E-state index is 11.8.